The van der Waals surface area contributed by atoms with E-state index in [1.54, 1.807) is 0 Å². The minimum absolute atomic E-state index is 0.0549. The van der Waals surface area contributed by atoms with Gasteiger partial charge < -0.3 is 15.3 Å². The molecule has 4 nitrogen and oxygen atoms in total. The number of anilines is 1. The molecule has 2 N–H and O–H groups in total. The third kappa shape index (κ3) is 3.70. The van der Waals surface area contributed by atoms with E-state index < -0.39 is 0 Å². The summed E-state index contributed by atoms with van der Waals surface area (Å²) in [7, 11) is 0. The molecule has 0 aliphatic carbocycles. The van der Waals surface area contributed by atoms with Crippen molar-refractivity contribution < 1.29 is 9.90 Å². The lowest BCUT2D eigenvalue weighted by atomic mass is 10.1. The largest absolute Gasteiger partial charge is 0.393 e. The highest BCUT2D eigenvalue weighted by Crippen LogP contribution is 2.17. The number of amides is 1. The number of nitrogens with zero attached hydrogens (tertiary/aromatic N) is 1. The van der Waals surface area contributed by atoms with E-state index in [1.165, 1.54) is 0 Å². The quantitative estimate of drug-likeness (QED) is 0.877. The monoisotopic (exact) mass is 262 g/mol. The summed E-state index contributed by atoms with van der Waals surface area (Å²) in [6.45, 7) is 5.42. The predicted molar refractivity (Wildman–Crippen MR) is 76.3 cm³/mol. The number of hydrogen-bond acceptors (Lipinski definition) is 3. The zero-order chi connectivity index (χ0) is 13.8. The minimum Gasteiger partial charge on any atom is -0.393 e. The van der Waals surface area contributed by atoms with Crippen molar-refractivity contribution in [3.05, 3.63) is 29.8 Å². The topological polar surface area (TPSA) is 52.6 Å². The van der Waals surface area contributed by atoms with Gasteiger partial charge in [-0.3, -0.25) is 4.79 Å². The first-order valence-electron chi connectivity index (χ1n) is 6.90. The molecule has 19 heavy (non-hydrogen) atoms. The standard InChI is InChI=1S/C15H22N2O2/c1-11(2)16-13-5-3-4-12(10-13)15(19)17-8-6-14(18)7-9-17/h3-5,10-11,14,16,18H,6-9H2,1-2H3. The molecule has 0 spiro atoms. The normalized spacial score (nSPS) is 16.7. The maximum atomic E-state index is 12.4. The van der Waals surface area contributed by atoms with Crippen molar-refractivity contribution in [3.8, 4) is 0 Å². The highest BCUT2D eigenvalue weighted by atomic mass is 16.3. The molecule has 0 atom stereocenters. The smallest absolute Gasteiger partial charge is 0.253 e. The van der Waals surface area contributed by atoms with Crippen molar-refractivity contribution in [2.45, 2.75) is 38.8 Å². The first kappa shape index (κ1) is 13.9. The fourth-order valence-electron chi connectivity index (χ4n) is 2.33. The maximum absolute atomic E-state index is 12.4. The molecule has 1 aliphatic heterocycles. The Morgan fingerprint density at radius 2 is 2.05 bits per heavy atom. The Labute approximate surface area is 114 Å². The second-order valence-electron chi connectivity index (χ2n) is 5.40. The maximum Gasteiger partial charge on any atom is 0.253 e. The molecule has 1 aromatic rings. The van der Waals surface area contributed by atoms with Crippen LogP contribution in [0.5, 0.6) is 0 Å². The van der Waals surface area contributed by atoms with E-state index >= 15 is 0 Å². The van der Waals surface area contributed by atoms with Crippen molar-refractivity contribution in [3.63, 3.8) is 0 Å². The number of hydrogen-bond donors (Lipinski definition) is 2. The van der Waals surface area contributed by atoms with Gasteiger partial charge in [-0.15, -0.1) is 0 Å². The minimum atomic E-state index is -0.252. The molecule has 0 saturated carbocycles. The number of carbonyl (C=O) groups excluding carboxylic acids is 1. The zero-order valence-electron chi connectivity index (χ0n) is 11.6. The van der Waals surface area contributed by atoms with E-state index in [4.69, 9.17) is 0 Å². The van der Waals surface area contributed by atoms with Gasteiger partial charge in [-0.05, 0) is 44.9 Å². The fourth-order valence-corrected chi connectivity index (χ4v) is 2.33. The molecule has 0 radical (unpaired) electrons. The summed E-state index contributed by atoms with van der Waals surface area (Å²) in [5, 5.41) is 12.8. The lowest BCUT2D eigenvalue weighted by Crippen LogP contribution is -2.40. The molecule has 1 aliphatic rings. The first-order chi connectivity index (χ1) is 9.06. The van der Waals surface area contributed by atoms with Gasteiger partial charge in [-0.25, -0.2) is 0 Å². The zero-order valence-corrected chi connectivity index (χ0v) is 11.6. The fraction of sp³-hybridized carbons (Fsp3) is 0.533. The lowest BCUT2D eigenvalue weighted by Gasteiger charge is -2.29. The van der Waals surface area contributed by atoms with E-state index in [0.29, 0.717) is 37.5 Å². The van der Waals surface area contributed by atoms with E-state index in [1.807, 2.05) is 29.2 Å². The van der Waals surface area contributed by atoms with E-state index in [2.05, 4.69) is 19.2 Å². The molecule has 1 amide bonds. The van der Waals surface area contributed by atoms with Crippen LogP contribution in [0.2, 0.25) is 0 Å². The van der Waals surface area contributed by atoms with Gasteiger partial charge in [0.2, 0.25) is 0 Å². The Bertz CT molecular complexity index is 438. The number of likely N-dealkylation sites (tertiary alicyclic amines) is 1. The Hall–Kier alpha value is -1.55. The van der Waals surface area contributed by atoms with Crippen LogP contribution in [-0.4, -0.2) is 41.1 Å². The number of aliphatic hydroxyl groups is 1. The van der Waals surface area contributed by atoms with E-state index in [9.17, 15) is 9.90 Å². The molecule has 104 valence electrons. The van der Waals surface area contributed by atoms with Crippen molar-refractivity contribution >= 4 is 11.6 Å². The predicted octanol–water partition coefficient (Wildman–Crippen LogP) is 2.10. The van der Waals surface area contributed by atoms with Gasteiger partial charge in [0.05, 0.1) is 6.10 Å². The van der Waals surface area contributed by atoms with Crippen molar-refractivity contribution in [2.75, 3.05) is 18.4 Å². The number of rotatable bonds is 3. The molecule has 2 rings (SSSR count). The van der Waals surface area contributed by atoms with Crippen LogP contribution >= 0.6 is 0 Å². The van der Waals surface area contributed by atoms with E-state index in [-0.39, 0.29) is 12.0 Å². The number of aliphatic hydroxyl groups excluding tert-OH is 1. The summed E-state index contributed by atoms with van der Waals surface area (Å²) >= 11 is 0. The molecule has 1 heterocycles. The average molecular weight is 262 g/mol. The van der Waals surface area contributed by atoms with Gasteiger partial charge in [0, 0.05) is 30.4 Å². The van der Waals surface area contributed by atoms with Crippen LogP contribution in [0.25, 0.3) is 0 Å². The highest BCUT2D eigenvalue weighted by molar-refractivity contribution is 5.95. The molecular weight excluding hydrogens is 240 g/mol. The summed E-state index contributed by atoms with van der Waals surface area (Å²) in [6, 6.07) is 7.95. The van der Waals surface area contributed by atoms with Crippen LogP contribution in [0.3, 0.4) is 0 Å². The van der Waals surface area contributed by atoms with Gasteiger partial charge in [-0.1, -0.05) is 6.07 Å². The average Bonchev–Trinajstić information content (AvgIpc) is 2.38. The number of benzene rings is 1. The van der Waals surface area contributed by atoms with Crippen LogP contribution in [-0.2, 0) is 0 Å². The van der Waals surface area contributed by atoms with Crippen LogP contribution in [0, 0.1) is 0 Å². The Balaban J connectivity index is 2.06. The second kappa shape index (κ2) is 6.06. The van der Waals surface area contributed by atoms with Crippen LogP contribution < -0.4 is 5.32 Å². The molecule has 1 aromatic carbocycles. The van der Waals surface area contributed by atoms with Gasteiger partial charge in [0.25, 0.3) is 5.91 Å². The van der Waals surface area contributed by atoms with Crippen molar-refractivity contribution in [1.82, 2.24) is 4.90 Å². The highest BCUT2D eigenvalue weighted by Gasteiger charge is 2.22. The third-order valence-corrected chi connectivity index (χ3v) is 3.32. The number of carbonyl (C=O) groups is 1. The molecular formula is C15H22N2O2. The molecule has 0 bridgehead atoms. The number of piperidine rings is 1. The van der Waals surface area contributed by atoms with Gasteiger partial charge in [-0.2, -0.15) is 0 Å². The molecule has 0 unspecified atom stereocenters. The molecule has 1 saturated heterocycles. The summed E-state index contributed by atoms with van der Waals surface area (Å²) in [5.41, 5.74) is 1.68. The SMILES string of the molecule is CC(C)Nc1cccc(C(=O)N2CCC(O)CC2)c1. The number of nitrogens with one attached hydrogen (secondary N) is 1. The van der Waals surface area contributed by atoms with Crippen LogP contribution in [0.4, 0.5) is 5.69 Å². The molecule has 1 fully saturated rings. The van der Waals surface area contributed by atoms with Gasteiger partial charge in [0.1, 0.15) is 0 Å². The van der Waals surface area contributed by atoms with Crippen molar-refractivity contribution in [2.24, 2.45) is 0 Å². The second-order valence-corrected chi connectivity index (χ2v) is 5.40. The summed E-state index contributed by atoms with van der Waals surface area (Å²) < 4.78 is 0. The van der Waals surface area contributed by atoms with Crippen LogP contribution in [0.15, 0.2) is 24.3 Å². The van der Waals surface area contributed by atoms with Gasteiger partial charge >= 0.3 is 0 Å². The van der Waals surface area contributed by atoms with Crippen molar-refractivity contribution in [1.29, 1.82) is 0 Å². The Kier molecular flexibility index (Phi) is 4.43. The van der Waals surface area contributed by atoms with Crippen LogP contribution in [0.1, 0.15) is 37.0 Å². The van der Waals surface area contributed by atoms with E-state index in [0.717, 1.165) is 5.69 Å². The Morgan fingerprint density at radius 1 is 1.37 bits per heavy atom. The summed E-state index contributed by atoms with van der Waals surface area (Å²) in [4.78, 5) is 14.2. The first-order valence-corrected chi connectivity index (χ1v) is 6.90. The third-order valence-electron chi connectivity index (χ3n) is 3.32. The molecule has 0 aromatic heterocycles. The lowest BCUT2D eigenvalue weighted by molar-refractivity contribution is 0.0546. The Morgan fingerprint density at radius 3 is 2.68 bits per heavy atom. The van der Waals surface area contributed by atoms with Gasteiger partial charge in [0.15, 0.2) is 0 Å². The summed E-state index contributed by atoms with van der Waals surface area (Å²) in [5.74, 6) is 0.0549. The summed E-state index contributed by atoms with van der Waals surface area (Å²) in [6.07, 6.45) is 1.10. The molecule has 4 heteroatoms.